The average Bonchev–Trinajstić information content (AvgIpc) is 2.61. The lowest BCUT2D eigenvalue weighted by Crippen LogP contribution is -3.09. The number of amides is 2. The van der Waals surface area contributed by atoms with Gasteiger partial charge in [0.1, 0.15) is 18.8 Å². The number of hydrogen-bond acceptors (Lipinski definition) is 3. The highest BCUT2D eigenvalue weighted by atomic mass is 79.9. The van der Waals surface area contributed by atoms with Gasteiger partial charge in [-0.2, -0.15) is 0 Å². The van der Waals surface area contributed by atoms with Crippen molar-refractivity contribution in [2.24, 2.45) is 0 Å². The number of carbonyl (C=O) groups excluding carboxylic acids is 2. The predicted octanol–water partition coefficient (Wildman–Crippen LogP) is 1.46. The zero-order valence-electron chi connectivity index (χ0n) is 14.7. The first kappa shape index (κ1) is 18.4. The highest BCUT2D eigenvalue weighted by molar-refractivity contribution is 9.10. The number of anilines is 2. The quantitative estimate of drug-likeness (QED) is 0.772. The van der Waals surface area contributed by atoms with Gasteiger partial charge in [-0.25, -0.2) is 0 Å². The Morgan fingerprint density at radius 1 is 1.31 bits per heavy atom. The van der Waals surface area contributed by atoms with Crippen LogP contribution < -0.4 is 19.9 Å². The van der Waals surface area contributed by atoms with Crippen LogP contribution in [0.1, 0.15) is 5.56 Å². The molecule has 26 heavy (non-hydrogen) atoms. The summed E-state index contributed by atoms with van der Waals surface area (Å²) in [5.74, 6) is 0.532. The maximum Gasteiger partial charge on any atom is 0.282 e. The monoisotopic (exact) mass is 418 g/mol. The van der Waals surface area contributed by atoms with Gasteiger partial charge in [0.25, 0.3) is 5.91 Å². The number of rotatable bonds is 5. The maximum absolute atomic E-state index is 12.8. The molecule has 2 N–H and O–H groups in total. The van der Waals surface area contributed by atoms with Crippen molar-refractivity contribution in [3.63, 3.8) is 0 Å². The number of likely N-dealkylation sites (N-methyl/N-ethyl adjacent to an activating group) is 1. The summed E-state index contributed by atoms with van der Waals surface area (Å²) < 4.78 is 6.37. The maximum atomic E-state index is 12.8. The second kappa shape index (κ2) is 7.88. The number of halogens is 1. The van der Waals surface area contributed by atoms with E-state index in [1.165, 1.54) is 0 Å². The van der Waals surface area contributed by atoms with Crippen molar-refractivity contribution in [2.75, 3.05) is 37.5 Å². The molecule has 0 aliphatic carbocycles. The van der Waals surface area contributed by atoms with Crippen LogP contribution in [0.5, 0.6) is 5.75 Å². The number of quaternary nitrogens is 1. The first-order valence-electron chi connectivity index (χ1n) is 8.31. The van der Waals surface area contributed by atoms with Crippen LogP contribution in [0.25, 0.3) is 0 Å². The first-order chi connectivity index (χ1) is 12.5. The van der Waals surface area contributed by atoms with E-state index in [4.69, 9.17) is 4.74 Å². The molecule has 0 radical (unpaired) electrons. The molecular formula is C19H21BrN3O3+. The molecule has 0 bridgehead atoms. The molecule has 136 valence electrons. The highest BCUT2D eigenvalue weighted by Crippen LogP contribution is 2.28. The molecule has 7 heteroatoms. The van der Waals surface area contributed by atoms with Crippen molar-refractivity contribution in [2.45, 2.75) is 6.54 Å². The van der Waals surface area contributed by atoms with Gasteiger partial charge in [-0.1, -0.05) is 28.1 Å². The summed E-state index contributed by atoms with van der Waals surface area (Å²) in [6.45, 7) is 0.955. The van der Waals surface area contributed by atoms with Gasteiger partial charge in [-0.3, -0.25) is 14.5 Å². The Morgan fingerprint density at radius 3 is 2.85 bits per heavy atom. The van der Waals surface area contributed by atoms with Crippen molar-refractivity contribution in [1.82, 2.24) is 0 Å². The Bertz CT molecular complexity index is 841. The molecule has 1 aliphatic rings. The average molecular weight is 419 g/mol. The van der Waals surface area contributed by atoms with E-state index in [1.54, 1.807) is 18.1 Å². The van der Waals surface area contributed by atoms with Crippen LogP contribution in [0.2, 0.25) is 0 Å². The Labute approximate surface area is 160 Å². The minimum Gasteiger partial charge on any atom is -0.496 e. The molecule has 2 aromatic carbocycles. The van der Waals surface area contributed by atoms with E-state index in [-0.39, 0.29) is 24.9 Å². The lowest BCUT2D eigenvalue weighted by atomic mass is 10.1. The van der Waals surface area contributed by atoms with Crippen molar-refractivity contribution >= 4 is 39.1 Å². The van der Waals surface area contributed by atoms with Gasteiger partial charge in [0.15, 0.2) is 6.54 Å². The molecule has 0 fully saturated rings. The van der Waals surface area contributed by atoms with Gasteiger partial charge in [0, 0.05) is 10.0 Å². The Morgan fingerprint density at radius 2 is 2.08 bits per heavy atom. The van der Waals surface area contributed by atoms with Gasteiger partial charge in [0.2, 0.25) is 5.91 Å². The molecule has 0 spiro atoms. The fourth-order valence-electron chi connectivity index (χ4n) is 3.08. The Hall–Kier alpha value is -2.38. The standard InChI is InChI=1S/C19H20BrN3O3/c1-22(10-13-9-14(20)7-8-17(13)26-2)12-19(25)23-11-18(24)21-15-5-3-4-6-16(15)23/h3-9H,10-12H2,1-2H3,(H,21,24)/p+1. The number of benzene rings is 2. The van der Waals surface area contributed by atoms with Crippen molar-refractivity contribution in [1.29, 1.82) is 0 Å². The summed E-state index contributed by atoms with van der Waals surface area (Å²) >= 11 is 3.47. The van der Waals surface area contributed by atoms with E-state index in [1.807, 2.05) is 43.4 Å². The first-order valence-corrected chi connectivity index (χ1v) is 9.10. The molecule has 2 amide bonds. The van der Waals surface area contributed by atoms with Crippen LogP contribution in [-0.2, 0) is 16.1 Å². The number of methoxy groups -OCH3 is 1. The van der Waals surface area contributed by atoms with Gasteiger partial charge in [-0.05, 0) is 30.3 Å². The molecule has 6 nitrogen and oxygen atoms in total. The molecule has 0 aromatic heterocycles. The van der Waals surface area contributed by atoms with Gasteiger partial charge in [0.05, 0.1) is 25.5 Å². The fraction of sp³-hybridized carbons (Fsp3) is 0.263. The second-order valence-corrected chi connectivity index (χ2v) is 7.23. The highest BCUT2D eigenvalue weighted by Gasteiger charge is 2.28. The number of nitrogens with zero attached hydrogens (tertiary/aromatic N) is 1. The summed E-state index contributed by atoms with van der Waals surface area (Å²) in [6, 6.07) is 13.2. The molecular weight excluding hydrogens is 398 g/mol. The summed E-state index contributed by atoms with van der Waals surface area (Å²) in [7, 11) is 3.59. The largest absolute Gasteiger partial charge is 0.496 e. The number of hydrogen-bond donors (Lipinski definition) is 2. The van der Waals surface area contributed by atoms with Gasteiger partial charge in [-0.15, -0.1) is 0 Å². The van der Waals surface area contributed by atoms with E-state index in [0.29, 0.717) is 12.2 Å². The summed E-state index contributed by atoms with van der Waals surface area (Å²) in [5.41, 5.74) is 2.43. The zero-order valence-corrected chi connectivity index (χ0v) is 16.3. The van der Waals surface area contributed by atoms with Crippen LogP contribution in [-0.4, -0.2) is 39.1 Å². The normalized spacial score (nSPS) is 14.4. The van der Waals surface area contributed by atoms with Crippen LogP contribution in [0, 0.1) is 0 Å². The molecule has 1 unspecified atom stereocenters. The number of para-hydroxylation sites is 2. The number of fused-ring (bicyclic) bond motifs is 1. The fourth-order valence-corrected chi connectivity index (χ4v) is 3.49. The number of ether oxygens (including phenoxy) is 1. The SMILES string of the molecule is COc1ccc(Br)cc1C[NH+](C)CC(=O)N1CC(=O)Nc2ccccc21. The van der Waals surface area contributed by atoms with Crippen LogP contribution >= 0.6 is 15.9 Å². The third kappa shape index (κ3) is 4.05. The molecule has 1 aliphatic heterocycles. The third-order valence-electron chi connectivity index (χ3n) is 4.26. The zero-order chi connectivity index (χ0) is 18.7. The lowest BCUT2D eigenvalue weighted by molar-refractivity contribution is -0.885. The minimum atomic E-state index is -0.177. The van der Waals surface area contributed by atoms with E-state index in [0.717, 1.165) is 26.4 Å². The van der Waals surface area contributed by atoms with Gasteiger partial charge >= 0.3 is 0 Å². The predicted molar refractivity (Wildman–Crippen MR) is 104 cm³/mol. The Balaban J connectivity index is 1.72. The van der Waals surface area contributed by atoms with Crippen LogP contribution in [0.3, 0.4) is 0 Å². The summed E-state index contributed by atoms with van der Waals surface area (Å²) in [5, 5.41) is 2.80. The Kier molecular flexibility index (Phi) is 5.58. The van der Waals surface area contributed by atoms with Crippen LogP contribution in [0.4, 0.5) is 11.4 Å². The van der Waals surface area contributed by atoms with E-state index in [2.05, 4.69) is 21.2 Å². The molecule has 2 aromatic rings. The molecule has 0 saturated carbocycles. The van der Waals surface area contributed by atoms with Crippen molar-refractivity contribution in [3.05, 3.63) is 52.5 Å². The van der Waals surface area contributed by atoms with E-state index >= 15 is 0 Å². The number of nitrogens with one attached hydrogen (secondary N) is 2. The molecule has 3 rings (SSSR count). The molecule has 0 saturated heterocycles. The number of carbonyl (C=O) groups is 2. The van der Waals surface area contributed by atoms with Crippen LogP contribution in [0.15, 0.2) is 46.9 Å². The molecule has 1 heterocycles. The van der Waals surface area contributed by atoms with Crippen molar-refractivity contribution < 1.29 is 19.2 Å². The lowest BCUT2D eigenvalue weighted by Gasteiger charge is -2.29. The topological polar surface area (TPSA) is 63.1 Å². The van der Waals surface area contributed by atoms with Gasteiger partial charge < -0.3 is 15.0 Å². The second-order valence-electron chi connectivity index (χ2n) is 6.31. The van der Waals surface area contributed by atoms with E-state index in [9.17, 15) is 9.59 Å². The summed E-state index contributed by atoms with van der Waals surface area (Å²) in [4.78, 5) is 27.3. The van der Waals surface area contributed by atoms with E-state index < -0.39 is 0 Å². The summed E-state index contributed by atoms with van der Waals surface area (Å²) in [6.07, 6.45) is 0. The molecule has 1 atom stereocenters. The third-order valence-corrected chi connectivity index (χ3v) is 4.75. The van der Waals surface area contributed by atoms with Crippen molar-refractivity contribution in [3.8, 4) is 5.75 Å². The smallest absolute Gasteiger partial charge is 0.282 e. The minimum absolute atomic E-state index is 0.0450.